The normalized spacial score (nSPS) is 11.3. The van der Waals surface area contributed by atoms with Crippen LogP contribution >= 0.6 is 0 Å². The SMILES string of the molecule is COc1ccc(NC(=O)Cn2c(C)nc3ccccc3c2=O)cc1NS(=O)(=O)c1ccc(F)cc1. The maximum absolute atomic E-state index is 13.2. The fourth-order valence-electron chi connectivity index (χ4n) is 3.49. The summed E-state index contributed by atoms with van der Waals surface area (Å²) in [7, 11) is -2.69. The third-order valence-corrected chi connectivity index (χ3v) is 6.59. The molecule has 0 saturated carbocycles. The molecule has 0 aliphatic rings. The Morgan fingerprint density at radius 1 is 1.09 bits per heavy atom. The highest BCUT2D eigenvalue weighted by Gasteiger charge is 2.18. The number of ether oxygens (including phenoxy) is 1. The van der Waals surface area contributed by atoms with Crippen molar-refractivity contribution in [2.45, 2.75) is 18.4 Å². The molecule has 0 aliphatic carbocycles. The van der Waals surface area contributed by atoms with Crippen LogP contribution < -0.4 is 20.3 Å². The van der Waals surface area contributed by atoms with Gasteiger partial charge in [0.05, 0.1) is 28.6 Å². The fourth-order valence-corrected chi connectivity index (χ4v) is 4.55. The number of aromatic nitrogens is 2. The number of halogens is 1. The van der Waals surface area contributed by atoms with Gasteiger partial charge < -0.3 is 10.1 Å². The number of nitrogens with one attached hydrogen (secondary N) is 2. The number of carbonyl (C=O) groups is 1. The molecule has 11 heteroatoms. The molecule has 0 aliphatic heterocycles. The van der Waals surface area contributed by atoms with Crippen LogP contribution in [0.15, 0.2) is 76.4 Å². The standard InChI is InChI=1S/C24H21FN4O5S/c1-15-26-20-6-4-3-5-19(20)24(31)29(15)14-23(30)27-17-9-12-22(34-2)21(13-17)28-35(32,33)18-10-7-16(25)8-11-18/h3-13,28H,14H2,1-2H3,(H,27,30). The average molecular weight is 497 g/mol. The molecule has 3 aromatic carbocycles. The monoisotopic (exact) mass is 496 g/mol. The van der Waals surface area contributed by atoms with Crippen molar-refractivity contribution in [3.05, 3.63) is 88.7 Å². The Bertz CT molecular complexity index is 1580. The summed E-state index contributed by atoms with van der Waals surface area (Å²) in [6.07, 6.45) is 0. The highest BCUT2D eigenvalue weighted by molar-refractivity contribution is 7.92. The Labute approximate surface area is 200 Å². The van der Waals surface area contributed by atoms with Crippen molar-refractivity contribution in [2.75, 3.05) is 17.1 Å². The van der Waals surface area contributed by atoms with Crippen LogP contribution in [0.3, 0.4) is 0 Å². The van der Waals surface area contributed by atoms with E-state index in [1.807, 2.05) is 0 Å². The number of fused-ring (bicyclic) bond motifs is 1. The van der Waals surface area contributed by atoms with E-state index in [0.717, 1.165) is 24.3 Å². The van der Waals surface area contributed by atoms with Gasteiger partial charge in [0.2, 0.25) is 5.91 Å². The Morgan fingerprint density at radius 3 is 2.51 bits per heavy atom. The number of aryl methyl sites for hydroxylation is 1. The zero-order valence-electron chi connectivity index (χ0n) is 18.8. The first-order valence-corrected chi connectivity index (χ1v) is 11.9. The van der Waals surface area contributed by atoms with Gasteiger partial charge >= 0.3 is 0 Å². The molecule has 0 saturated heterocycles. The van der Waals surface area contributed by atoms with Crippen LogP contribution in [0.4, 0.5) is 15.8 Å². The van der Waals surface area contributed by atoms with E-state index in [4.69, 9.17) is 4.74 Å². The number of hydrogen-bond acceptors (Lipinski definition) is 6. The molecule has 180 valence electrons. The number of methoxy groups -OCH3 is 1. The largest absolute Gasteiger partial charge is 0.495 e. The van der Waals surface area contributed by atoms with Crippen LogP contribution in [0.2, 0.25) is 0 Å². The molecule has 2 N–H and O–H groups in total. The van der Waals surface area contributed by atoms with Gasteiger partial charge in [-0.05, 0) is 61.5 Å². The Balaban J connectivity index is 1.57. The molecule has 0 unspecified atom stereocenters. The highest BCUT2D eigenvalue weighted by atomic mass is 32.2. The van der Waals surface area contributed by atoms with E-state index in [9.17, 15) is 22.4 Å². The summed E-state index contributed by atoms with van der Waals surface area (Å²) >= 11 is 0. The quantitative estimate of drug-likeness (QED) is 0.405. The van der Waals surface area contributed by atoms with Gasteiger partial charge in [0.25, 0.3) is 15.6 Å². The average Bonchev–Trinajstić information content (AvgIpc) is 2.82. The van der Waals surface area contributed by atoms with Gasteiger partial charge in [0.1, 0.15) is 23.9 Å². The van der Waals surface area contributed by atoms with Crippen LogP contribution in [-0.4, -0.2) is 31.0 Å². The van der Waals surface area contributed by atoms with Crippen molar-refractivity contribution in [3.8, 4) is 5.75 Å². The number of benzene rings is 3. The molecule has 0 bridgehead atoms. The van der Waals surface area contributed by atoms with Crippen LogP contribution in [0.1, 0.15) is 5.82 Å². The van der Waals surface area contributed by atoms with E-state index < -0.39 is 21.7 Å². The summed E-state index contributed by atoms with van der Waals surface area (Å²) < 4.78 is 47.5. The second-order valence-electron chi connectivity index (χ2n) is 7.59. The van der Waals surface area contributed by atoms with Crippen LogP contribution in [-0.2, 0) is 21.4 Å². The number of rotatable bonds is 7. The molecule has 1 amide bonds. The second kappa shape index (κ2) is 9.55. The number of nitrogens with zero attached hydrogens (tertiary/aromatic N) is 2. The minimum absolute atomic E-state index is 0.0651. The number of amides is 1. The van der Waals surface area contributed by atoms with Gasteiger partial charge in [-0.15, -0.1) is 0 Å². The van der Waals surface area contributed by atoms with Crippen LogP contribution in [0, 0.1) is 12.7 Å². The van der Waals surface area contributed by atoms with E-state index >= 15 is 0 Å². The lowest BCUT2D eigenvalue weighted by Gasteiger charge is -2.15. The maximum atomic E-state index is 13.2. The number of carbonyl (C=O) groups excluding carboxylic acids is 1. The molecular weight excluding hydrogens is 475 g/mol. The zero-order chi connectivity index (χ0) is 25.2. The van der Waals surface area contributed by atoms with Gasteiger partial charge in [-0.25, -0.2) is 17.8 Å². The molecule has 4 aromatic rings. The smallest absolute Gasteiger partial charge is 0.262 e. The van der Waals surface area contributed by atoms with Crippen molar-refractivity contribution >= 4 is 38.2 Å². The number of hydrogen-bond donors (Lipinski definition) is 2. The van der Waals surface area contributed by atoms with Crippen molar-refractivity contribution in [1.82, 2.24) is 9.55 Å². The van der Waals surface area contributed by atoms with E-state index in [1.54, 1.807) is 31.2 Å². The zero-order valence-corrected chi connectivity index (χ0v) is 19.6. The van der Waals surface area contributed by atoms with Crippen molar-refractivity contribution in [3.63, 3.8) is 0 Å². The summed E-state index contributed by atoms with van der Waals surface area (Å²) in [6.45, 7) is 1.35. The molecule has 4 rings (SSSR count). The Hall–Kier alpha value is -4.25. The third-order valence-electron chi connectivity index (χ3n) is 5.21. The number of anilines is 2. The Kier molecular flexibility index (Phi) is 6.52. The molecular formula is C24H21FN4O5S. The second-order valence-corrected chi connectivity index (χ2v) is 9.27. The van der Waals surface area contributed by atoms with Gasteiger partial charge in [-0.2, -0.15) is 0 Å². The molecule has 1 heterocycles. The van der Waals surface area contributed by atoms with E-state index in [1.165, 1.54) is 29.9 Å². The van der Waals surface area contributed by atoms with Crippen LogP contribution in [0.25, 0.3) is 10.9 Å². The molecule has 0 radical (unpaired) electrons. The molecule has 9 nitrogen and oxygen atoms in total. The Morgan fingerprint density at radius 2 is 1.80 bits per heavy atom. The fraction of sp³-hybridized carbons (Fsp3) is 0.125. The van der Waals surface area contributed by atoms with E-state index in [0.29, 0.717) is 16.7 Å². The molecule has 1 aromatic heterocycles. The van der Waals surface area contributed by atoms with Crippen molar-refractivity contribution < 1.29 is 22.3 Å². The van der Waals surface area contributed by atoms with Crippen molar-refractivity contribution in [1.29, 1.82) is 0 Å². The maximum Gasteiger partial charge on any atom is 0.262 e. The number of para-hydroxylation sites is 1. The van der Waals surface area contributed by atoms with Crippen molar-refractivity contribution in [2.24, 2.45) is 0 Å². The molecule has 0 spiro atoms. The lowest BCUT2D eigenvalue weighted by atomic mass is 10.2. The van der Waals surface area contributed by atoms with Gasteiger partial charge in [0, 0.05) is 5.69 Å². The first-order chi connectivity index (χ1) is 16.7. The predicted molar refractivity (Wildman–Crippen MR) is 130 cm³/mol. The number of sulfonamides is 1. The highest BCUT2D eigenvalue weighted by Crippen LogP contribution is 2.30. The summed E-state index contributed by atoms with van der Waals surface area (Å²) in [6, 6.07) is 15.6. The summed E-state index contributed by atoms with van der Waals surface area (Å²) in [5.74, 6) is -0.488. The summed E-state index contributed by atoms with van der Waals surface area (Å²) in [5, 5.41) is 3.05. The molecule has 35 heavy (non-hydrogen) atoms. The molecule has 0 atom stereocenters. The third kappa shape index (κ3) is 5.14. The van der Waals surface area contributed by atoms with E-state index in [2.05, 4.69) is 15.0 Å². The lowest BCUT2D eigenvalue weighted by molar-refractivity contribution is -0.116. The first-order valence-electron chi connectivity index (χ1n) is 10.4. The lowest BCUT2D eigenvalue weighted by Crippen LogP contribution is -2.30. The van der Waals surface area contributed by atoms with Crippen LogP contribution in [0.5, 0.6) is 5.75 Å². The summed E-state index contributed by atoms with van der Waals surface area (Å²) in [5.41, 5.74) is 0.535. The predicted octanol–water partition coefficient (Wildman–Crippen LogP) is 3.29. The van der Waals surface area contributed by atoms with E-state index in [-0.39, 0.29) is 34.1 Å². The van der Waals surface area contributed by atoms with Gasteiger partial charge in [0.15, 0.2) is 0 Å². The minimum atomic E-state index is -4.05. The first kappa shape index (κ1) is 23.9. The molecule has 0 fully saturated rings. The summed E-state index contributed by atoms with van der Waals surface area (Å²) in [4.78, 5) is 29.8. The van der Waals surface area contributed by atoms with Gasteiger partial charge in [-0.1, -0.05) is 12.1 Å². The van der Waals surface area contributed by atoms with Gasteiger partial charge in [-0.3, -0.25) is 18.9 Å². The topological polar surface area (TPSA) is 119 Å². The minimum Gasteiger partial charge on any atom is -0.495 e.